The maximum Gasteiger partial charge on any atom is 0.266 e. The van der Waals surface area contributed by atoms with Crippen molar-refractivity contribution in [2.45, 2.75) is 24.7 Å². The van der Waals surface area contributed by atoms with Crippen LogP contribution in [-0.4, -0.2) is 25.2 Å². The highest BCUT2D eigenvalue weighted by molar-refractivity contribution is 7.89. The Hall–Kier alpha value is -1.36. The zero-order valence-electron chi connectivity index (χ0n) is 9.67. The van der Waals surface area contributed by atoms with Gasteiger partial charge < -0.3 is 0 Å². The van der Waals surface area contributed by atoms with Crippen LogP contribution in [0.4, 0.5) is 0 Å². The topological polar surface area (TPSA) is 54.5 Å². The Bertz CT molecular complexity index is 510. The summed E-state index contributed by atoms with van der Waals surface area (Å²) in [5.41, 5.74) is 0. The molecule has 1 amide bonds. The third-order valence-electron chi connectivity index (χ3n) is 3.10. The molecule has 0 aromatic heterocycles. The van der Waals surface area contributed by atoms with E-state index < -0.39 is 10.0 Å². The van der Waals surface area contributed by atoms with Crippen LogP contribution in [-0.2, 0) is 14.8 Å². The number of hydrogen-bond donors (Lipinski definition) is 0. The molecule has 92 valence electrons. The van der Waals surface area contributed by atoms with Gasteiger partial charge in [-0.05, 0) is 25.0 Å². The van der Waals surface area contributed by atoms with Gasteiger partial charge in [-0.3, -0.25) is 4.79 Å². The number of nitrogens with zero attached hydrogens (tertiary/aromatic N) is 1. The molecule has 1 aromatic rings. The average Bonchev–Trinajstić information content (AvgIpc) is 2.72. The second-order valence-electron chi connectivity index (χ2n) is 4.12. The summed E-state index contributed by atoms with van der Waals surface area (Å²) in [7, 11) is -3.65. The molecular formula is C12H15NO3S. The predicted molar refractivity (Wildman–Crippen MR) is 63.7 cm³/mol. The molecule has 1 aromatic carbocycles. The number of benzene rings is 1. The van der Waals surface area contributed by atoms with Crippen LogP contribution in [0.1, 0.15) is 19.8 Å². The van der Waals surface area contributed by atoms with Crippen molar-refractivity contribution in [3.05, 3.63) is 30.3 Å². The van der Waals surface area contributed by atoms with Crippen molar-refractivity contribution in [1.29, 1.82) is 0 Å². The minimum atomic E-state index is -3.65. The fourth-order valence-electron chi connectivity index (χ4n) is 2.05. The first-order valence-corrected chi connectivity index (χ1v) is 7.13. The van der Waals surface area contributed by atoms with E-state index in [0.29, 0.717) is 19.4 Å². The van der Waals surface area contributed by atoms with Crippen molar-refractivity contribution >= 4 is 15.9 Å². The summed E-state index contributed by atoms with van der Waals surface area (Å²) in [6, 6.07) is 8.10. The molecule has 1 fully saturated rings. The maximum atomic E-state index is 12.2. The lowest BCUT2D eigenvalue weighted by Crippen LogP contribution is -2.33. The van der Waals surface area contributed by atoms with E-state index in [2.05, 4.69) is 0 Å². The maximum absolute atomic E-state index is 12.2. The molecule has 4 nitrogen and oxygen atoms in total. The molecule has 0 bridgehead atoms. The molecule has 0 unspecified atom stereocenters. The number of hydrogen-bond acceptors (Lipinski definition) is 3. The molecule has 2 rings (SSSR count). The molecule has 0 saturated carbocycles. The standard InChI is InChI=1S/C12H15NO3S/c1-2-10-8-9-13(12(10)14)17(15,16)11-6-4-3-5-7-11/h3-7,10H,2,8-9H2,1H3/t10-/m1/s1. The van der Waals surface area contributed by atoms with Gasteiger partial charge in [0.05, 0.1) is 4.90 Å². The van der Waals surface area contributed by atoms with Crippen LogP contribution < -0.4 is 0 Å². The number of amides is 1. The van der Waals surface area contributed by atoms with Crippen LogP contribution in [0.15, 0.2) is 35.2 Å². The largest absolute Gasteiger partial charge is 0.273 e. The normalized spacial score (nSPS) is 20.9. The van der Waals surface area contributed by atoms with Crippen LogP contribution in [0.5, 0.6) is 0 Å². The van der Waals surface area contributed by atoms with Gasteiger partial charge in [0.2, 0.25) is 5.91 Å². The third-order valence-corrected chi connectivity index (χ3v) is 4.91. The van der Waals surface area contributed by atoms with Gasteiger partial charge >= 0.3 is 0 Å². The zero-order chi connectivity index (χ0) is 12.5. The van der Waals surface area contributed by atoms with Crippen LogP contribution >= 0.6 is 0 Å². The van der Waals surface area contributed by atoms with Crippen LogP contribution in [0.2, 0.25) is 0 Å². The second kappa shape index (κ2) is 4.49. The Morgan fingerprint density at radius 3 is 2.47 bits per heavy atom. The summed E-state index contributed by atoms with van der Waals surface area (Å²) in [5, 5.41) is 0. The van der Waals surface area contributed by atoms with Crippen LogP contribution in [0.25, 0.3) is 0 Å². The van der Waals surface area contributed by atoms with Gasteiger partial charge in [0.25, 0.3) is 10.0 Å². The summed E-state index contributed by atoms with van der Waals surface area (Å²) in [4.78, 5) is 12.1. The van der Waals surface area contributed by atoms with Crippen molar-refractivity contribution in [2.24, 2.45) is 5.92 Å². The molecule has 1 heterocycles. The average molecular weight is 253 g/mol. The highest BCUT2D eigenvalue weighted by atomic mass is 32.2. The highest BCUT2D eigenvalue weighted by Crippen LogP contribution is 2.27. The van der Waals surface area contributed by atoms with E-state index in [-0.39, 0.29) is 16.7 Å². The first kappa shape index (κ1) is 12.1. The van der Waals surface area contributed by atoms with Crippen molar-refractivity contribution < 1.29 is 13.2 Å². The molecule has 0 radical (unpaired) electrons. The molecule has 0 spiro atoms. The zero-order valence-corrected chi connectivity index (χ0v) is 10.5. The van der Waals surface area contributed by atoms with Gasteiger partial charge in [-0.2, -0.15) is 0 Å². The van der Waals surface area contributed by atoms with Crippen molar-refractivity contribution in [2.75, 3.05) is 6.54 Å². The molecule has 0 N–H and O–H groups in total. The third kappa shape index (κ3) is 2.07. The Kier molecular flexibility index (Phi) is 3.19. The van der Waals surface area contributed by atoms with Gasteiger partial charge in [0, 0.05) is 12.5 Å². The Balaban J connectivity index is 2.33. The van der Waals surface area contributed by atoms with E-state index in [1.165, 1.54) is 12.1 Å². The minimum Gasteiger partial charge on any atom is -0.273 e. The molecular weight excluding hydrogens is 238 g/mol. The van der Waals surface area contributed by atoms with Gasteiger partial charge in [-0.1, -0.05) is 25.1 Å². The van der Waals surface area contributed by atoms with E-state index in [1.807, 2.05) is 6.92 Å². The fraction of sp³-hybridized carbons (Fsp3) is 0.417. The Labute approximate surface area is 101 Å². The molecule has 1 aliphatic heterocycles. The van der Waals surface area contributed by atoms with Crippen LogP contribution in [0, 0.1) is 5.92 Å². The lowest BCUT2D eigenvalue weighted by Gasteiger charge is -2.16. The number of sulfonamides is 1. The van der Waals surface area contributed by atoms with E-state index in [1.54, 1.807) is 18.2 Å². The van der Waals surface area contributed by atoms with Crippen molar-refractivity contribution in [1.82, 2.24) is 4.31 Å². The summed E-state index contributed by atoms with van der Waals surface area (Å²) >= 11 is 0. The molecule has 5 heteroatoms. The van der Waals surface area contributed by atoms with Gasteiger partial charge in [-0.25, -0.2) is 12.7 Å². The van der Waals surface area contributed by atoms with Gasteiger partial charge in [-0.15, -0.1) is 0 Å². The summed E-state index contributed by atoms with van der Waals surface area (Å²) in [6.45, 7) is 2.20. The van der Waals surface area contributed by atoms with Gasteiger partial charge in [0.1, 0.15) is 0 Å². The summed E-state index contributed by atoms with van der Waals surface area (Å²) in [5.74, 6) is -0.412. The second-order valence-corrected chi connectivity index (χ2v) is 5.98. The lowest BCUT2D eigenvalue weighted by molar-refractivity contribution is -0.127. The van der Waals surface area contributed by atoms with Crippen molar-refractivity contribution in [3.8, 4) is 0 Å². The fourth-order valence-corrected chi connectivity index (χ4v) is 3.53. The number of carbonyl (C=O) groups excluding carboxylic acids is 1. The van der Waals surface area contributed by atoms with E-state index in [4.69, 9.17) is 0 Å². The first-order valence-electron chi connectivity index (χ1n) is 5.69. The number of carbonyl (C=O) groups is 1. The van der Waals surface area contributed by atoms with E-state index in [9.17, 15) is 13.2 Å². The quantitative estimate of drug-likeness (QED) is 0.822. The Morgan fingerprint density at radius 2 is 1.94 bits per heavy atom. The monoisotopic (exact) mass is 253 g/mol. The molecule has 0 aliphatic carbocycles. The molecule has 1 aliphatic rings. The predicted octanol–water partition coefficient (Wildman–Crippen LogP) is 1.63. The van der Waals surface area contributed by atoms with Gasteiger partial charge in [0.15, 0.2) is 0 Å². The van der Waals surface area contributed by atoms with E-state index in [0.717, 1.165) is 4.31 Å². The highest BCUT2D eigenvalue weighted by Gasteiger charge is 2.38. The SMILES string of the molecule is CC[C@@H]1CCN(S(=O)(=O)c2ccccc2)C1=O. The van der Waals surface area contributed by atoms with Crippen molar-refractivity contribution in [3.63, 3.8) is 0 Å². The first-order chi connectivity index (χ1) is 8.07. The summed E-state index contributed by atoms with van der Waals surface area (Å²) in [6.07, 6.45) is 1.32. The molecule has 1 saturated heterocycles. The smallest absolute Gasteiger partial charge is 0.266 e. The molecule has 1 atom stereocenters. The number of rotatable bonds is 3. The summed E-state index contributed by atoms with van der Waals surface area (Å²) < 4.78 is 25.4. The molecule has 17 heavy (non-hydrogen) atoms. The Morgan fingerprint density at radius 1 is 1.29 bits per heavy atom. The minimum absolute atomic E-state index is 0.145. The lowest BCUT2D eigenvalue weighted by atomic mass is 10.1. The van der Waals surface area contributed by atoms with E-state index >= 15 is 0 Å². The van der Waals surface area contributed by atoms with Crippen LogP contribution in [0.3, 0.4) is 0 Å².